The fourth-order valence-electron chi connectivity index (χ4n) is 1.87. The summed E-state index contributed by atoms with van der Waals surface area (Å²) in [5.41, 5.74) is 0. The van der Waals surface area contributed by atoms with Crippen molar-refractivity contribution in [2.24, 2.45) is 4.99 Å². The van der Waals surface area contributed by atoms with E-state index < -0.39 is 12.8 Å². The number of ether oxygens (including phenoxy) is 2. The minimum absolute atomic E-state index is 0. The molecule has 0 saturated heterocycles. The molecule has 0 aromatic heterocycles. The molecule has 144 valence electrons. The van der Waals surface area contributed by atoms with E-state index in [-0.39, 0.29) is 30.6 Å². The number of nitrogens with zero attached hydrogens (tertiary/aromatic N) is 2. The SMILES string of the molecule is CN=C(NCCCOCC(F)(F)F)N(C)CCOc1ccccc1.I. The number of aliphatic imine (C=N–C) groups is 1. The molecule has 25 heavy (non-hydrogen) atoms. The van der Waals surface area contributed by atoms with E-state index in [4.69, 9.17) is 4.74 Å². The molecular weight excluding hydrogens is 450 g/mol. The zero-order valence-corrected chi connectivity index (χ0v) is 16.7. The lowest BCUT2D eigenvalue weighted by atomic mass is 10.3. The molecular formula is C16H25F3IN3O2. The van der Waals surface area contributed by atoms with Crippen molar-refractivity contribution in [1.82, 2.24) is 10.2 Å². The second-order valence-corrected chi connectivity index (χ2v) is 5.08. The molecule has 0 aliphatic carbocycles. The predicted molar refractivity (Wildman–Crippen MR) is 103 cm³/mol. The van der Waals surface area contributed by atoms with Crippen molar-refractivity contribution in [1.29, 1.82) is 0 Å². The van der Waals surface area contributed by atoms with Gasteiger partial charge in [-0.25, -0.2) is 0 Å². The van der Waals surface area contributed by atoms with Crippen molar-refractivity contribution in [2.45, 2.75) is 12.6 Å². The summed E-state index contributed by atoms with van der Waals surface area (Å²) in [6.45, 7) is 0.437. The fraction of sp³-hybridized carbons (Fsp3) is 0.562. The van der Waals surface area contributed by atoms with Crippen molar-refractivity contribution in [2.75, 3.05) is 47.0 Å². The molecule has 0 unspecified atom stereocenters. The molecule has 1 rings (SSSR count). The van der Waals surface area contributed by atoms with Gasteiger partial charge in [0.1, 0.15) is 19.0 Å². The first kappa shape index (κ1) is 23.8. The molecule has 0 aliphatic rings. The van der Waals surface area contributed by atoms with E-state index in [9.17, 15) is 13.2 Å². The van der Waals surface area contributed by atoms with Crippen LogP contribution in [0.2, 0.25) is 0 Å². The molecule has 0 fully saturated rings. The van der Waals surface area contributed by atoms with Crippen LogP contribution < -0.4 is 10.1 Å². The highest BCUT2D eigenvalue weighted by atomic mass is 127. The summed E-state index contributed by atoms with van der Waals surface area (Å²) in [6.07, 6.45) is -3.81. The Morgan fingerprint density at radius 3 is 2.48 bits per heavy atom. The Bertz CT molecular complexity index is 487. The van der Waals surface area contributed by atoms with E-state index in [2.05, 4.69) is 15.0 Å². The third-order valence-corrected chi connectivity index (χ3v) is 3.03. The number of halogens is 4. The minimum atomic E-state index is -4.28. The lowest BCUT2D eigenvalue weighted by Crippen LogP contribution is -2.41. The Kier molecular flexibility index (Phi) is 12.4. The van der Waals surface area contributed by atoms with Gasteiger partial charge in [-0.2, -0.15) is 13.2 Å². The number of benzene rings is 1. The molecule has 1 aromatic rings. The molecule has 0 saturated carbocycles. The molecule has 0 radical (unpaired) electrons. The fourth-order valence-corrected chi connectivity index (χ4v) is 1.87. The summed E-state index contributed by atoms with van der Waals surface area (Å²) in [6, 6.07) is 9.49. The highest BCUT2D eigenvalue weighted by Crippen LogP contribution is 2.14. The summed E-state index contributed by atoms with van der Waals surface area (Å²) in [5, 5.41) is 3.07. The van der Waals surface area contributed by atoms with Crippen LogP contribution in [0.25, 0.3) is 0 Å². The van der Waals surface area contributed by atoms with Gasteiger partial charge in [0.2, 0.25) is 0 Å². The maximum Gasteiger partial charge on any atom is 0.411 e. The topological polar surface area (TPSA) is 46.1 Å². The first-order valence-electron chi connectivity index (χ1n) is 7.66. The van der Waals surface area contributed by atoms with E-state index in [1.165, 1.54) is 0 Å². The van der Waals surface area contributed by atoms with Gasteiger partial charge in [0.05, 0.1) is 6.54 Å². The second-order valence-electron chi connectivity index (χ2n) is 5.08. The lowest BCUT2D eigenvalue weighted by molar-refractivity contribution is -0.173. The van der Waals surface area contributed by atoms with Crippen LogP contribution in [0.4, 0.5) is 13.2 Å². The molecule has 0 aliphatic heterocycles. The average Bonchev–Trinajstić information content (AvgIpc) is 2.54. The van der Waals surface area contributed by atoms with Gasteiger partial charge < -0.3 is 19.7 Å². The third-order valence-electron chi connectivity index (χ3n) is 3.03. The molecule has 0 heterocycles. The van der Waals surface area contributed by atoms with Crippen LogP contribution >= 0.6 is 24.0 Å². The van der Waals surface area contributed by atoms with Gasteiger partial charge in [0.25, 0.3) is 0 Å². The average molecular weight is 475 g/mol. The standard InChI is InChI=1S/C16H24F3N3O2.HI/c1-20-15(21-9-6-11-23-13-16(17,18)19)22(2)10-12-24-14-7-4-3-5-8-14;/h3-5,7-8H,6,9-13H2,1-2H3,(H,20,21);1H. The largest absolute Gasteiger partial charge is 0.492 e. The van der Waals surface area contributed by atoms with Crippen LogP contribution in [-0.2, 0) is 4.74 Å². The Balaban J connectivity index is 0.00000576. The number of likely N-dealkylation sites (N-methyl/N-ethyl adjacent to an activating group) is 1. The molecule has 1 aromatic carbocycles. The summed E-state index contributed by atoms with van der Waals surface area (Å²) >= 11 is 0. The smallest absolute Gasteiger partial charge is 0.411 e. The number of guanidine groups is 1. The van der Waals surface area contributed by atoms with Gasteiger partial charge in [-0.1, -0.05) is 18.2 Å². The van der Waals surface area contributed by atoms with E-state index in [0.29, 0.717) is 32.1 Å². The maximum atomic E-state index is 11.9. The van der Waals surface area contributed by atoms with Crippen molar-refractivity contribution in [3.05, 3.63) is 30.3 Å². The van der Waals surface area contributed by atoms with Crippen molar-refractivity contribution < 1.29 is 22.6 Å². The number of nitrogens with one attached hydrogen (secondary N) is 1. The molecule has 1 N–H and O–H groups in total. The van der Waals surface area contributed by atoms with Crippen LogP contribution in [0.3, 0.4) is 0 Å². The van der Waals surface area contributed by atoms with E-state index in [0.717, 1.165) is 5.75 Å². The maximum absolute atomic E-state index is 11.9. The molecule has 0 atom stereocenters. The Hall–Kier alpha value is -1.23. The van der Waals surface area contributed by atoms with Gasteiger partial charge in [0.15, 0.2) is 5.96 Å². The summed E-state index contributed by atoms with van der Waals surface area (Å²) < 4.78 is 45.9. The van der Waals surface area contributed by atoms with Gasteiger partial charge in [-0.3, -0.25) is 4.99 Å². The monoisotopic (exact) mass is 475 g/mol. The molecule has 5 nitrogen and oxygen atoms in total. The highest BCUT2D eigenvalue weighted by Gasteiger charge is 2.27. The minimum Gasteiger partial charge on any atom is -0.492 e. The van der Waals surface area contributed by atoms with Crippen molar-refractivity contribution >= 4 is 29.9 Å². The first-order valence-corrected chi connectivity index (χ1v) is 7.66. The molecule has 9 heteroatoms. The molecule has 0 amide bonds. The Morgan fingerprint density at radius 1 is 1.20 bits per heavy atom. The van der Waals surface area contributed by atoms with Crippen LogP contribution in [-0.4, -0.2) is 64.0 Å². The number of hydrogen-bond acceptors (Lipinski definition) is 3. The zero-order valence-electron chi connectivity index (χ0n) is 14.4. The third kappa shape index (κ3) is 11.9. The number of para-hydroxylation sites is 1. The van der Waals surface area contributed by atoms with Crippen molar-refractivity contribution in [3.8, 4) is 5.75 Å². The first-order chi connectivity index (χ1) is 11.4. The van der Waals surface area contributed by atoms with E-state index in [1.54, 1.807) is 7.05 Å². The highest BCUT2D eigenvalue weighted by molar-refractivity contribution is 14.0. The second kappa shape index (κ2) is 13.0. The molecule has 0 bridgehead atoms. The Morgan fingerprint density at radius 2 is 1.88 bits per heavy atom. The van der Waals surface area contributed by atoms with Crippen LogP contribution in [0, 0.1) is 0 Å². The summed E-state index contributed by atoms with van der Waals surface area (Å²) in [7, 11) is 3.51. The normalized spacial score (nSPS) is 11.6. The lowest BCUT2D eigenvalue weighted by Gasteiger charge is -2.22. The number of hydrogen-bond donors (Lipinski definition) is 1. The molecule has 0 spiro atoms. The number of rotatable bonds is 9. The quantitative estimate of drug-likeness (QED) is 0.258. The van der Waals surface area contributed by atoms with E-state index >= 15 is 0 Å². The summed E-state index contributed by atoms with van der Waals surface area (Å²) in [5.74, 6) is 1.46. The van der Waals surface area contributed by atoms with Crippen LogP contribution in [0.1, 0.15) is 6.42 Å². The van der Waals surface area contributed by atoms with Gasteiger partial charge >= 0.3 is 6.18 Å². The summed E-state index contributed by atoms with van der Waals surface area (Å²) in [4.78, 5) is 6.01. The van der Waals surface area contributed by atoms with Crippen LogP contribution in [0.15, 0.2) is 35.3 Å². The van der Waals surface area contributed by atoms with Gasteiger partial charge in [0, 0.05) is 27.2 Å². The van der Waals surface area contributed by atoms with Gasteiger partial charge in [-0.15, -0.1) is 24.0 Å². The van der Waals surface area contributed by atoms with Gasteiger partial charge in [-0.05, 0) is 18.6 Å². The predicted octanol–water partition coefficient (Wildman–Crippen LogP) is 3.16. The van der Waals surface area contributed by atoms with Crippen LogP contribution in [0.5, 0.6) is 5.75 Å². The Labute approximate surface area is 163 Å². The van der Waals surface area contributed by atoms with E-state index in [1.807, 2.05) is 42.3 Å². The number of alkyl halides is 3. The van der Waals surface area contributed by atoms with Crippen molar-refractivity contribution in [3.63, 3.8) is 0 Å². The zero-order chi connectivity index (χ0) is 17.8.